The zero-order valence-electron chi connectivity index (χ0n) is 13.9. The number of methoxy groups -OCH3 is 1. The second-order valence-electron chi connectivity index (χ2n) is 8.48. The molecule has 2 unspecified atom stereocenters. The fraction of sp³-hybridized carbons (Fsp3) is 0.882. The van der Waals surface area contributed by atoms with Crippen molar-refractivity contribution in [3.8, 4) is 0 Å². The largest absolute Gasteiger partial charge is 0.509 e. The van der Waals surface area contributed by atoms with Gasteiger partial charge in [0, 0.05) is 6.42 Å². The summed E-state index contributed by atoms with van der Waals surface area (Å²) >= 11 is 0. The summed E-state index contributed by atoms with van der Waals surface area (Å²) in [7, 11) is 1.45. The maximum absolute atomic E-state index is 12.3. The predicted molar refractivity (Wildman–Crippen MR) is 79.2 cm³/mol. The van der Waals surface area contributed by atoms with Gasteiger partial charge in [0.15, 0.2) is 0 Å². The molecule has 0 radical (unpaired) electrons. The van der Waals surface area contributed by atoms with Crippen molar-refractivity contribution in [2.24, 2.45) is 17.3 Å². The first-order valence-electron chi connectivity index (χ1n) is 8.16. The molecule has 4 rings (SSSR count). The van der Waals surface area contributed by atoms with Gasteiger partial charge >= 0.3 is 12.1 Å². The third kappa shape index (κ3) is 2.70. The van der Waals surface area contributed by atoms with Crippen molar-refractivity contribution in [3.05, 3.63) is 0 Å². The molecule has 5 heteroatoms. The van der Waals surface area contributed by atoms with E-state index in [0.29, 0.717) is 18.3 Å². The fourth-order valence-electron chi connectivity index (χ4n) is 5.20. The van der Waals surface area contributed by atoms with Crippen molar-refractivity contribution < 1.29 is 23.8 Å². The van der Waals surface area contributed by atoms with E-state index in [1.165, 1.54) is 7.11 Å². The molecular weight excluding hydrogens is 284 g/mol. The van der Waals surface area contributed by atoms with E-state index in [1.807, 2.05) is 20.8 Å². The van der Waals surface area contributed by atoms with E-state index in [-0.39, 0.29) is 5.97 Å². The molecule has 0 aromatic carbocycles. The Hall–Kier alpha value is -1.26. The van der Waals surface area contributed by atoms with Crippen molar-refractivity contribution in [3.63, 3.8) is 0 Å². The van der Waals surface area contributed by atoms with Crippen LogP contribution in [0.5, 0.6) is 0 Å². The molecule has 4 aliphatic carbocycles. The van der Waals surface area contributed by atoms with Crippen molar-refractivity contribution in [2.75, 3.05) is 7.11 Å². The van der Waals surface area contributed by atoms with E-state index in [4.69, 9.17) is 14.2 Å². The molecule has 0 aromatic rings. The van der Waals surface area contributed by atoms with Gasteiger partial charge in [-0.2, -0.15) is 0 Å². The van der Waals surface area contributed by atoms with E-state index in [0.717, 1.165) is 32.1 Å². The fourth-order valence-corrected chi connectivity index (χ4v) is 5.20. The monoisotopic (exact) mass is 310 g/mol. The summed E-state index contributed by atoms with van der Waals surface area (Å²) in [6.07, 6.45) is 4.54. The highest BCUT2D eigenvalue weighted by atomic mass is 16.7. The standard InChI is InChI=1S/C17H26O5/c1-15(2,3)21-14(19)22-17-8-11-5-12(9-17)7-16(6-11,10-17)13(18)20-4/h11-12H,5-10H2,1-4H3. The molecule has 0 aliphatic heterocycles. The van der Waals surface area contributed by atoms with Gasteiger partial charge in [-0.25, -0.2) is 4.79 Å². The summed E-state index contributed by atoms with van der Waals surface area (Å²) in [4.78, 5) is 24.5. The van der Waals surface area contributed by atoms with Gasteiger partial charge in [0.2, 0.25) is 0 Å². The number of carbonyl (C=O) groups is 2. The molecule has 4 bridgehead atoms. The molecule has 0 amide bonds. The molecule has 4 aliphatic rings. The minimum absolute atomic E-state index is 0.140. The van der Waals surface area contributed by atoms with Gasteiger partial charge in [0.1, 0.15) is 11.2 Å². The molecule has 0 heterocycles. The molecule has 22 heavy (non-hydrogen) atoms. The van der Waals surface area contributed by atoms with Crippen LogP contribution in [-0.4, -0.2) is 30.4 Å². The van der Waals surface area contributed by atoms with Crippen LogP contribution < -0.4 is 0 Å². The van der Waals surface area contributed by atoms with E-state index in [2.05, 4.69) is 0 Å². The van der Waals surface area contributed by atoms with Crippen molar-refractivity contribution in [1.29, 1.82) is 0 Å². The van der Waals surface area contributed by atoms with E-state index < -0.39 is 22.8 Å². The van der Waals surface area contributed by atoms with Crippen LogP contribution in [0.3, 0.4) is 0 Å². The molecule has 5 nitrogen and oxygen atoms in total. The smallest absolute Gasteiger partial charge is 0.469 e. The molecule has 2 atom stereocenters. The quantitative estimate of drug-likeness (QED) is 0.731. The molecule has 0 N–H and O–H groups in total. The summed E-state index contributed by atoms with van der Waals surface area (Å²) < 4.78 is 16.2. The first kappa shape index (κ1) is 15.6. The van der Waals surface area contributed by atoms with E-state index in [9.17, 15) is 9.59 Å². The second kappa shape index (κ2) is 4.87. The Balaban J connectivity index is 1.79. The Morgan fingerprint density at radius 2 is 1.64 bits per heavy atom. The predicted octanol–water partition coefficient (Wildman–Crippen LogP) is 3.45. The number of carbonyl (C=O) groups excluding carboxylic acids is 2. The number of esters is 1. The molecule has 124 valence electrons. The van der Waals surface area contributed by atoms with Gasteiger partial charge < -0.3 is 14.2 Å². The average molecular weight is 310 g/mol. The maximum atomic E-state index is 12.3. The lowest BCUT2D eigenvalue weighted by Crippen LogP contribution is -2.60. The van der Waals surface area contributed by atoms with Gasteiger partial charge in [0.05, 0.1) is 12.5 Å². The third-order valence-electron chi connectivity index (χ3n) is 5.32. The van der Waals surface area contributed by atoms with Crippen LogP contribution in [-0.2, 0) is 19.0 Å². The SMILES string of the molecule is COC(=O)C12CC3CC(CC(OC(=O)OC(C)(C)C)(C3)C1)C2. The summed E-state index contributed by atoms with van der Waals surface area (Å²) in [5.74, 6) is 0.754. The van der Waals surface area contributed by atoms with Crippen molar-refractivity contribution >= 4 is 12.1 Å². The Kier molecular flexibility index (Phi) is 3.46. The second-order valence-corrected chi connectivity index (χ2v) is 8.48. The summed E-state index contributed by atoms with van der Waals surface area (Å²) in [5, 5.41) is 0. The minimum Gasteiger partial charge on any atom is -0.469 e. The Bertz CT molecular complexity index is 476. The summed E-state index contributed by atoms with van der Waals surface area (Å²) in [5.41, 5.74) is -1.57. The van der Waals surface area contributed by atoms with Crippen LogP contribution in [0.15, 0.2) is 0 Å². The van der Waals surface area contributed by atoms with Gasteiger partial charge in [-0.15, -0.1) is 0 Å². The lowest BCUT2D eigenvalue weighted by molar-refractivity contribution is -0.200. The van der Waals surface area contributed by atoms with Gasteiger partial charge in [-0.1, -0.05) is 0 Å². The van der Waals surface area contributed by atoms with Crippen LogP contribution in [0.2, 0.25) is 0 Å². The van der Waals surface area contributed by atoms with Gasteiger partial charge in [-0.3, -0.25) is 4.79 Å². The Labute approximate surface area is 131 Å². The maximum Gasteiger partial charge on any atom is 0.509 e. The molecule has 0 saturated heterocycles. The molecule has 0 aromatic heterocycles. The zero-order chi connectivity index (χ0) is 16.2. The third-order valence-corrected chi connectivity index (χ3v) is 5.32. The summed E-state index contributed by atoms with van der Waals surface area (Å²) in [6, 6.07) is 0. The zero-order valence-corrected chi connectivity index (χ0v) is 13.9. The average Bonchev–Trinajstić information content (AvgIpc) is 2.32. The van der Waals surface area contributed by atoms with Gasteiger partial charge in [-0.05, 0) is 64.7 Å². The van der Waals surface area contributed by atoms with Gasteiger partial charge in [0.25, 0.3) is 0 Å². The number of rotatable bonds is 2. The van der Waals surface area contributed by atoms with Crippen LogP contribution in [0, 0.1) is 17.3 Å². The highest BCUT2D eigenvalue weighted by Gasteiger charge is 2.63. The van der Waals surface area contributed by atoms with E-state index >= 15 is 0 Å². The first-order chi connectivity index (χ1) is 10.2. The van der Waals surface area contributed by atoms with Crippen LogP contribution in [0.4, 0.5) is 4.79 Å². The lowest BCUT2D eigenvalue weighted by Gasteiger charge is -2.59. The van der Waals surface area contributed by atoms with E-state index in [1.54, 1.807) is 0 Å². The first-order valence-corrected chi connectivity index (χ1v) is 8.16. The summed E-state index contributed by atoms with van der Waals surface area (Å²) in [6.45, 7) is 5.47. The number of ether oxygens (including phenoxy) is 3. The molecule has 4 fully saturated rings. The molecule has 0 spiro atoms. The van der Waals surface area contributed by atoms with Crippen molar-refractivity contribution in [2.45, 2.75) is 70.5 Å². The van der Waals surface area contributed by atoms with Crippen LogP contribution in [0.1, 0.15) is 59.3 Å². The number of hydrogen-bond acceptors (Lipinski definition) is 5. The Morgan fingerprint density at radius 1 is 1.05 bits per heavy atom. The van der Waals surface area contributed by atoms with Crippen molar-refractivity contribution in [1.82, 2.24) is 0 Å². The molecule has 4 saturated carbocycles. The molecular formula is C17H26O5. The minimum atomic E-state index is -0.616. The lowest BCUT2D eigenvalue weighted by atomic mass is 9.48. The normalized spacial score (nSPS) is 39.5. The topological polar surface area (TPSA) is 61.8 Å². The highest BCUT2D eigenvalue weighted by Crippen LogP contribution is 2.63. The Morgan fingerprint density at radius 3 is 2.14 bits per heavy atom. The number of hydrogen-bond donors (Lipinski definition) is 0. The highest BCUT2D eigenvalue weighted by molar-refractivity contribution is 5.77. The van der Waals surface area contributed by atoms with Crippen LogP contribution in [0.25, 0.3) is 0 Å². The van der Waals surface area contributed by atoms with Crippen LogP contribution >= 0.6 is 0 Å².